The highest BCUT2D eigenvalue weighted by molar-refractivity contribution is 5.27. The van der Waals surface area contributed by atoms with E-state index >= 15 is 0 Å². The minimum atomic E-state index is -0.410. The summed E-state index contributed by atoms with van der Waals surface area (Å²) in [6.45, 7) is 11.8. The van der Waals surface area contributed by atoms with Crippen LogP contribution in [0.5, 0.6) is 0 Å². The summed E-state index contributed by atoms with van der Waals surface area (Å²) in [6, 6.07) is 9.01. The Morgan fingerprint density at radius 2 is 1.65 bits per heavy atom. The van der Waals surface area contributed by atoms with Gasteiger partial charge in [0, 0.05) is 19.6 Å². The van der Waals surface area contributed by atoms with Crippen LogP contribution in [0.3, 0.4) is 0 Å². The van der Waals surface area contributed by atoms with Gasteiger partial charge in [0.05, 0.1) is 5.60 Å². The van der Waals surface area contributed by atoms with Crippen molar-refractivity contribution in [1.29, 1.82) is 0 Å². The number of rotatable bonds is 3. The van der Waals surface area contributed by atoms with Crippen LogP contribution >= 0.6 is 0 Å². The van der Waals surface area contributed by atoms with Crippen molar-refractivity contribution < 1.29 is 5.11 Å². The quantitative estimate of drug-likeness (QED) is 0.909. The molecule has 1 aromatic carbocycles. The van der Waals surface area contributed by atoms with E-state index in [0.717, 1.165) is 38.9 Å². The minimum Gasteiger partial charge on any atom is -0.390 e. The summed E-state index contributed by atoms with van der Waals surface area (Å²) < 4.78 is 0. The van der Waals surface area contributed by atoms with Gasteiger partial charge in [-0.2, -0.15) is 0 Å². The van der Waals surface area contributed by atoms with Crippen LogP contribution in [-0.4, -0.2) is 28.7 Å². The molecule has 2 nitrogen and oxygen atoms in total. The van der Waals surface area contributed by atoms with Crippen LogP contribution in [0.2, 0.25) is 0 Å². The molecule has 0 radical (unpaired) electrons. The zero-order valence-corrected chi connectivity index (χ0v) is 13.4. The molecule has 1 saturated heterocycles. The summed E-state index contributed by atoms with van der Waals surface area (Å²) in [5.41, 5.74) is 2.58. The topological polar surface area (TPSA) is 23.5 Å². The molecule has 0 bridgehead atoms. The molecule has 0 atom stereocenters. The monoisotopic (exact) mass is 275 g/mol. The Morgan fingerprint density at radius 3 is 2.10 bits per heavy atom. The first-order valence-electron chi connectivity index (χ1n) is 7.86. The second-order valence-corrected chi connectivity index (χ2v) is 7.30. The highest BCUT2D eigenvalue weighted by Gasteiger charge is 2.30. The van der Waals surface area contributed by atoms with Crippen molar-refractivity contribution in [2.75, 3.05) is 13.1 Å². The molecular formula is C18H29NO. The van der Waals surface area contributed by atoms with Gasteiger partial charge in [0.15, 0.2) is 0 Å². The first kappa shape index (κ1) is 15.5. The summed E-state index contributed by atoms with van der Waals surface area (Å²) in [4.78, 5) is 2.45. The van der Waals surface area contributed by atoms with Gasteiger partial charge in [0.2, 0.25) is 0 Å². The van der Waals surface area contributed by atoms with Crippen molar-refractivity contribution in [1.82, 2.24) is 4.90 Å². The highest BCUT2D eigenvalue weighted by Crippen LogP contribution is 2.27. The third-order valence-corrected chi connectivity index (χ3v) is 4.67. The van der Waals surface area contributed by atoms with E-state index < -0.39 is 5.60 Å². The third kappa shape index (κ3) is 3.83. The molecule has 1 aliphatic heterocycles. The molecule has 0 aromatic heterocycles. The maximum absolute atomic E-state index is 10.3. The van der Waals surface area contributed by atoms with Gasteiger partial charge in [-0.25, -0.2) is 0 Å². The van der Waals surface area contributed by atoms with E-state index in [1.54, 1.807) is 0 Å². The summed E-state index contributed by atoms with van der Waals surface area (Å²) in [6.07, 6.45) is 2.69. The van der Waals surface area contributed by atoms with Crippen molar-refractivity contribution >= 4 is 0 Å². The van der Waals surface area contributed by atoms with Gasteiger partial charge in [-0.15, -0.1) is 0 Å². The van der Waals surface area contributed by atoms with Gasteiger partial charge in [0.25, 0.3) is 0 Å². The Bertz CT molecular complexity index is 422. The van der Waals surface area contributed by atoms with E-state index in [2.05, 4.69) is 56.9 Å². The first-order valence-corrected chi connectivity index (χ1v) is 7.86. The van der Waals surface area contributed by atoms with Gasteiger partial charge in [-0.05, 0) is 35.8 Å². The number of aliphatic hydroxyl groups is 1. The Labute approximate surface area is 123 Å². The lowest BCUT2D eigenvalue weighted by molar-refractivity contribution is -0.0256. The normalized spacial score (nSPS) is 20.1. The smallest absolute Gasteiger partial charge is 0.0669 e. The van der Waals surface area contributed by atoms with Gasteiger partial charge >= 0.3 is 0 Å². The Hall–Kier alpha value is -0.860. The maximum atomic E-state index is 10.3. The molecule has 0 spiro atoms. The van der Waals surface area contributed by atoms with Crippen LogP contribution in [0, 0.1) is 0 Å². The number of benzene rings is 1. The van der Waals surface area contributed by atoms with Gasteiger partial charge < -0.3 is 5.11 Å². The predicted octanol–water partition coefficient (Wildman–Crippen LogP) is 3.72. The van der Waals surface area contributed by atoms with Crippen LogP contribution in [0.1, 0.15) is 58.1 Å². The van der Waals surface area contributed by atoms with Crippen molar-refractivity contribution in [3.05, 3.63) is 35.4 Å². The van der Waals surface area contributed by atoms with Gasteiger partial charge in [0.1, 0.15) is 0 Å². The molecule has 0 amide bonds. The van der Waals surface area contributed by atoms with E-state index in [9.17, 15) is 5.11 Å². The van der Waals surface area contributed by atoms with E-state index in [0.29, 0.717) is 0 Å². The van der Waals surface area contributed by atoms with Gasteiger partial charge in [-0.1, -0.05) is 52.0 Å². The largest absolute Gasteiger partial charge is 0.390 e. The number of hydrogen-bond acceptors (Lipinski definition) is 2. The lowest BCUT2D eigenvalue weighted by Crippen LogP contribution is -2.43. The zero-order valence-electron chi connectivity index (χ0n) is 13.4. The molecule has 0 unspecified atom stereocenters. The molecular weight excluding hydrogens is 246 g/mol. The van der Waals surface area contributed by atoms with Gasteiger partial charge in [-0.3, -0.25) is 4.90 Å². The fourth-order valence-electron chi connectivity index (χ4n) is 2.85. The lowest BCUT2D eigenvalue weighted by atomic mass is 9.86. The number of piperidine rings is 1. The van der Waals surface area contributed by atoms with E-state index in [4.69, 9.17) is 0 Å². The van der Waals surface area contributed by atoms with Crippen LogP contribution in [0.15, 0.2) is 24.3 Å². The van der Waals surface area contributed by atoms with Crippen LogP contribution < -0.4 is 0 Å². The molecule has 1 N–H and O–H groups in total. The average molecular weight is 275 g/mol. The van der Waals surface area contributed by atoms with Crippen molar-refractivity contribution in [3.63, 3.8) is 0 Å². The highest BCUT2D eigenvalue weighted by atomic mass is 16.3. The summed E-state index contributed by atoms with van der Waals surface area (Å²) in [7, 11) is 0. The molecule has 1 heterocycles. The fourth-order valence-corrected chi connectivity index (χ4v) is 2.85. The van der Waals surface area contributed by atoms with Crippen LogP contribution in [0.4, 0.5) is 0 Å². The van der Waals surface area contributed by atoms with E-state index in [1.165, 1.54) is 11.1 Å². The molecule has 1 aromatic rings. The molecule has 2 heteroatoms. The fraction of sp³-hybridized carbons (Fsp3) is 0.667. The Balaban J connectivity index is 1.92. The summed E-state index contributed by atoms with van der Waals surface area (Å²) in [5, 5.41) is 10.3. The number of likely N-dealkylation sites (tertiary alicyclic amines) is 1. The zero-order chi connectivity index (χ0) is 14.8. The van der Waals surface area contributed by atoms with Crippen molar-refractivity contribution in [2.45, 2.75) is 64.5 Å². The standard InChI is InChI=1S/C18H29NO/c1-5-18(20)10-12-19(13-11-18)14-15-6-8-16(9-7-15)17(2,3)4/h6-9,20H,5,10-14H2,1-4H3. The molecule has 0 saturated carbocycles. The van der Waals surface area contributed by atoms with E-state index in [-0.39, 0.29) is 5.41 Å². The molecule has 2 rings (SSSR count). The molecule has 1 aliphatic rings. The average Bonchev–Trinajstić information content (AvgIpc) is 2.41. The SMILES string of the molecule is CCC1(O)CCN(Cc2ccc(C(C)(C)C)cc2)CC1. The molecule has 20 heavy (non-hydrogen) atoms. The molecule has 0 aliphatic carbocycles. The maximum Gasteiger partial charge on any atom is 0.0669 e. The second-order valence-electron chi connectivity index (χ2n) is 7.30. The first-order chi connectivity index (χ1) is 9.32. The Kier molecular flexibility index (Phi) is 4.55. The summed E-state index contributed by atoms with van der Waals surface area (Å²) in [5.74, 6) is 0. The second kappa shape index (κ2) is 5.87. The summed E-state index contributed by atoms with van der Waals surface area (Å²) >= 11 is 0. The lowest BCUT2D eigenvalue weighted by Gasteiger charge is -2.37. The molecule has 112 valence electrons. The number of hydrogen-bond donors (Lipinski definition) is 1. The Morgan fingerprint density at radius 1 is 1.10 bits per heavy atom. The third-order valence-electron chi connectivity index (χ3n) is 4.67. The van der Waals surface area contributed by atoms with Crippen molar-refractivity contribution in [2.24, 2.45) is 0 Å². The van der Waals surface area contributed by atoms with Crippen molar-refractivity contribution in [3.8, 4) is 0 Å². The number of nitrogens with zero attached hydrogens (tertiary/aromatic N) is 1. The molecule has 1 fully saturated rings. The van der Waals surface area contributed by atoms with Crippen LogP contribution in [-0.2, 0) is 12.0 Å². The minimum absolute atomic E-state index is 0.223. The predicted molar refractivity (Wildman–Crippen MR) is 84.9 cm³/mol. The van der Waals surface area contributed by atoms with Crippen LogP contribution in [0.25, 0.3) is 0 Å². The van der Waals surface area contributed by atoms with E-state index in [1.807, 2.05) is 0 Å².